The Kier molecular flexibility index (Phi) is 4.51. The van der Waals surface area contributed by atoms with Gasteiger partial charge in [-0.15, -0.1) is 0 Å². The highest BCUT2D eigenvalue weighted by atomic mass is 19.1. The molecule has 0 amide bonds. The fourth-order valence-corrected chi connectivity index (χ4v) is 2.48. The number of rotatable bonds is 6. The standard InChI is InChI=1S/C18H18FNO2/c19-15-6-7-18-14(9-15)10-17(22-18)12-20-11-16(21)8-13-4-2-1-3-5-13/h1-7,9-10,16,20-21H,8,11-12H2. The summed E-state index contributed by atoms with van der Waals surface area (Å²) < 4.78 is 18.7. The number of benzene rings is 2. The number of furan rings is 1. The third-order valence-corrected chi connectivity index (χ3v) is 3.52. The van der Waals surface area contributed by atoms with E-state index in [1.807, 2.05) is 36.4 Å². The van der Waals surface area contributed by atoms with Gasteiger partial charge in [0.1, 0.15) is 17.2 Å². The topological polar surface area (TPSA) is 45.4 Å². The Bertz CT molecular complexity index is 739. The van der Waals surface area contributed by atoms with Crippen LogP contribution in [0.2, 0.25) is 0 Å². The zero-order chi connectivity index (χ0) is 15.4. The number of fused-ring (bicyclic) bond motifs is 1. The first kappa shape index (κ1) is 14.8. The first-order valence-electron chi connectivity index (χ1n) is 7.31. The molecule has 0 aliphatic rings. The number of halogens is 1. The third-order valence-electron chi connectivity index (χ3n) is 3.52. The van der Waals surface area contributed by atoms with Gasteiger partial charge < -0.3 is 14.8 Å². The molecular weight excluding hydrogens is 281 g/mol. The van der Waals surface area contributed by atoms with Gasteiger partial charge in [-0.3, -0.25) is 0 Å². The van der Waals surface area contributed by atoms with Gasteiger partial charge in [-0.05, 0) is 36.2 Å². The Hall–Kier alpha value is -2.17. The summed E-state index contributed by atoms with van der Waals surface area (Å²) in [5, 5.41) is 13.9. The zero-order valence-electron chi connectivity index (χ0n) is 12.1. The first-order chi connectivity index (χ1) is 10.7. The van der Waals surface area contributed by atoms with E-state index in [-0.39, 0.29) is 5.82 Å². The quantitative estimate of drug-likeness (QED) is 0.734. The summed E-state index contributed by atoms with van der Waals surface area (Å²) in [6.07, 6.45) is 0.156. The van der Waals surface area contributed by atoms with Gasteiger partial charge in [0.2, 0.25) is 0 Å². The lowest BCUT2D eigenvalue weighted by molar-refractivity contribution is 0.170. The molecular formula is C18H18FNO2. The van der Waals surface area contributed by atoms with Gasteiger partial charge in [0.25, 0.3) is 0 Å². The zero-order valence-corrected chi connectivity index (χ0v) is 12.1. The average molecular weight is 299 g/mol. The van der Waals surface area contributed by atoms with Gasteiger partial charge in [-0.2, -0.15) is 0 Å². The molecule has 3 rings (SSSR count). The van der Waals surface area contributed by atoms with Crippen molar-refractivity contribution in [3.05, 3.63) is 71.7 Å². The highest BCUT2D eigenvalue weighted by molar-refractivity contribution is 5.77. The van der Waals surface area contributed by atoms with Crippen molar-refractivity contribution in [3.63, 3.8) is 0 Å². The van der Waals surface area contributed by atoms with Crippen molar-refractivity contribution in [2.75, 3.05) is 6.54 Å². The molecule has 1 atom stereocenters. The number of aliphatic hydroxyl groups is 1. The molecule has 0 aliphatic carbocycles. The molecule has 0 spiro atoms. The van der Waals surface area contributed by atoms with Crippen LogP contribution < -0.4 is 5.32 Å². The van der Waals surface area contributed by atoms with Crippen molar-refractivity contribution in [2.24, 2.45) is 0 Å². The van der Waals surface area contributed by atoms with Crippen molar-refractivity contribution in [1.29, 1.82) is 0 Å². The van der Waals surface area contributed by atoms with Gasteiger partial charge in [0.15, 0.2) is 0 Å². The molecule has 1 aromatic heterocycles. The summed E-state index contributed by atoms with van der Waals surface area (Å²) in [4.78, 5) is 0. The Morgan fingerprint density at radius 2 is 1.91 bits per heavy atom. The smallest absolute Gasteiger partial charge is 0.134 e. The van der Waals surface area contributed by atoms with E-state index in [0.717, 1.165) is 16.7 Å². The molecule has 2 aromatic carbocycles. The van der Waals surface area contributed by atoms with Crippen molar-refractivity contribution < 1.29 is 13.9 Å². The summed E-state index contributed by atoms with van der Waals surface area (Å²) in [6.45, 7) is 0.975. The number of hydrogen-bond acceptors (Lipinski definition) is 3. The van der Waals surface area contributed by atoms with Gasteiger partial charge in [-0.1, -0.05) is 30.3 Å². The van der Waals surface area contributed by atoms with Crippen LogP contribution in [0.15, 0.2) is 59.0 Å². The predicted octanol–water partition coefficient (Wildman–Crippen LogP) is 3.27. The molecule has 2 N–H and O–H groups in total. The molecule has 0 aliphatic heterocycles. The molecule has 114 valence electrons. The molecule has 0 radical (unpaired) electrons. The minimum Gasteiger partial charge on any atom is -0.460 e. The van der Waals surface area contributed by atoms with Crippen LogP contribution in [0, 0.1) is 5.82 Å². The van der Waals surface area contributed by atoms with E-state index in [1.165, 1.54) is 12.1 Å². The van der Waals surface area contributed by atoms with Gasteiger partial charge in [-0.25, -0.2) is 4.39 Å². The minimum absolute atomic E-state index is 0.272. The second kappa shape index (κ2) is 6.73. The second-order valence-corrected chi connectivity index (χ2v) is 5.37. The maximum atomic E-state index is 13.1. The maximum absolute atomic E-state index is 13.1. The highest BCUT2D eigenvalue weighted by Crippen LogP contribution is 2.20. The lowest BCUT2D eigenvalue weighted by atomic mass is 10.1. The van der Waals surface area contributed by atoms with Crippen molar-refractivity contribution in [3.8, 4) is 0 Å². The number of hydrogen-bond donors (Lipinski definition) is 2. The SMILES string of the molecule is OC(CNCc1cc2cc(F)ccc2o1)Cc1ccccc1. The van der Waals surface area contributed by atoms with E-state index >= 15 is 0 Å². The lowest BCUT2D eigenvalue weighted by Gasteiger charge is -2.11. The summed E-state index contributed by atoms with van der Waals surface area (Å²) >= 11 is 0. The fraction of sp³-hybridized carbons (Fsp3) is 0.222. The third kappa shape index (κ3) is 3.72. The molecule has 0 saturated heterocycles. The molecule has 1 heterocycles. The van der Waals surface area contributed by atoms with Crippen LogP contribution in [0.1, 0.15) is 11.3 Å². The minimum atomic E-state index is -0.454. The van der Waals surface area contributed by atoms with E-state index in [2.05, 4.69) is 5.32 Å². The second-order valence-electron chi connectivity index (χ2n) is 5.37. The Morgan fingerprint density at radius 1 is 1.09 bits per heavy atom. The molecule has 0 saturated carbocycles. The predicted molar refractivity (Wildman–Crippen MR) is 84.0 cm³/mol. The van der Waals surface area contributed by atoms with Crippen LogP contribution >= 0.6 is 0 Å². The molecule has 3 aromatic rings. The normalized spacial score (nSPS) is 12.6. The molecule has 3 nitrogen and oxygen atoms in total. The van der Waals surface area contributed by atoms with Crippen molar-refractivity contribution in [2.45, 2.75) is 19.1 Å². The van der Waals surface area contributed by atoms with Crippen LogP contribution in [0.5, 0.6) is 0 Å². The van der Waals surface area contributed by atoms with Crippen LogP contribution in [-0.4, -0.2) is 17.8 Å². The lowest BCUT2D eigenvalue weighted by Crippen LogP contribution is -2.27. The molecule has 0 fully saturated rings. The van der Waals surface area contributed by atoms with Crippen LogP contribution in [-0.2, 0) is 13.0 Å². The summed E-state index contributed by atoms with van der Waals surface area (Å²) in [5.74, 6) is 0.457. The Morgan fingerprint density at radius 3 is 2.73 bits per heavy atom. The van der Waals surface area contributed by atoms with Crippen LogP contribution in [0.4, 0.5) is 4.39 Å². The van der Waals surface area contributed by atoms with Crippen molar-refractivity contribution >= 4 is 11.0 Å². The first-order valence-corrected chi connectivity index (χ1v) is 7.31. The molecule has 4 heteroatoms. The largest absolute Gasteiger partial charge is 0.460 e. The molecule has 0 bridgehead atoms. The Labute approximate surface area is 128 Å². The van der Waals surface area contributed by atoms with Crippen LogP contribution in [0.3, 0.4) is 0 Å². The number of nitrogens with one attached hydrogen (secondary N) is 1. The fourth-order valence-electron chi connectivity index (χ4n) is 2.48. The van der Waals surface area contributed by atoms with Crippen molar-refractivity contribution in [1.82, 2.24) is 5.32 Å². The van der Waals surface area contributed by atoms with Crippen LogP contribution in [0.25, 0.3) is 11.0 Å². The van der Waals surface area contributed by atoms with E-state index in [0.29, 0.717) is 25.1 Å². The van der Waals surface area contributed by atoms with Gasteiger partial charge >= 0.3 is 0 Å². The summed E-state index contributed by atoms with van der Waals surface area (Å²) in [5.41, 5.74) is 1.78. The van der Waals surface area contributed by atoms with E-state index in [9.17, 15) is 9.50 Å². The molecule has 22 heavy (non-hydrogen) atoms. The summed E-state index contributed by atoms with van der Waals surface area (Å²) in [7, 11) is 0. The monoisotopic (exact) mass is 299 g/mol. The maximum Gasteiger partial charge on any atom is 0.134 e. The van der Waals surface area contributed by atoms with Gasteiger partial charge in [0.05, 0.1) is 12.6 Å². The van der Waals surface area contributed by atoms with E-state index in [4.69, 9.17) is 4.42 Å². The average Bonchev–Trinajstić information content (AvgIpc) is 2.90. The van der Waals surface area contributed by atoms with E-state index < -0.39 is 6.10 Å². The molecule has 1 unspecified atom stereocenters. The van der Waals surface area contributed by atoms with E-state index in [1.54, 1.807) is 6.07 Å². The highest BCUT2D eigenvalue weighted by Gasteiger charge is 2.07. The Balaban J connectivity index is 1.51. The summed E-state index contributed by atoms with van der Waals surface area (Å²) in [6, 6.07) is 16.1. The van der Waals surface area contributed by atoms with Gasteiger partial charge in [0, 0.05) is 11.9 Å². The number of aliphatic hydroxyl groups excluding tert-OH is 1.